The lowest BCUT2D eigenvalue weighted by Crippen LogP contribution is -2.42. The van der Waals surface area contributed by atoms with E-state index in [1.165, 1.54) is 12.1 Å². The molecule has 0 aliphatic heterocycles. The third-order valence-electron chi connectivity index (χ3n) is 2.50. The van der Waals surface area contributed by atoms with Gasteiger partial charge in [-0.25, -0.2) is 0 Å². The van der Waals surface area contributed by atoms with Gasteiger partial charge in [-0.3, -0.25) is 0 Å². The molecule has 1 unspecified atom stereocenters. The normalized spacial score (nSPS) is 15.4. The third kappa shape index (κ3) is 2.69. The Morgan fingerprint density at radius 3 is 2.41 bits per heavy atom. The fraction of sp³-hybridized carbons (Fsp3) is 0.364. The van der Waals surface area contributed by atoms with Crippen LogP contribution in [0.25, 0.3) is 0 Å². The largest absolute Gasteiger partial charge is 0.421 e. The van der Waals surface area contributed by atoms with Crippen molar-refractivity contribution >= 4 is 22.2 Å². The molecule has 17 heavy (non-hydrogen) atoms. The lowest BCUT2D eigenvalue weighted by molar-refractivity contribution is -0.266. The molecule has 1 rings (SSSR count). The van der Waals surface area contributed by atoms with Crippen LogP contribution in [0.3, 0.4) is 0 Å². The number of aldehydes is 1. The fourth-order valence-corrected chi connectivity index (χ4v) is 1.75. The molecule has 0 aliphatic rings. The van der Waals surface area contributed by atoms with Crippen LogP contribution < -0.4 is 0 Å². The number of alkyl halides is 3. The van der Waals surface area contributed by atoms with Gasteiger partial charge in [0.2, 0.25) is 0 Å². The highest BCUT2D eigenvalue weighted by atomic mass is 79.9. The summed E-state index contributed by atoms with van der Waals surface area (Å²) in [5, 5.41) is 9.66. The van der Waals surface area contributed by atoms with Gasteiger partial charge in [0, 0.05) is 10.9 Å². The number of aryl methyl sites for hydroxylation is 1. The van der Waals surface area contributed by atoms with Gasteiger partial charge in [-0.05, 0) is 24.1 Å². The Morgan fingerprint density at radius 1 is 1.41 bits per heavy atom. The van der Waals surface area contributed by atoms with E-state index < -0.39 is 18.2 Å². The molecule has 1 N–H and O–H groups in total. The zero-order valence-electron chi connectivity index (χ0n) is 8.88. The number of hydrogen-bond donors (Lipinski definition) is 1. The minimum atomic E-state index is -4.90. The predicted octanol–water partition coefficient (Wildman–Crippen LogP) is 3.10. The molecule has 6 heteroatoms. The topological polar surface area (TPSA) is 37.3 Å². The maximum absolute atomic E-state index is 12.8. The number of carbonyl (C=O) groups is 1. The van der Waals surface area contributed by atoms with Gasteiger partial charge < -0.3 is 9.90 Å². The molecule has 0 fully saturated rings. The maximum Gasteiger partial charge on any atom is 0.421 e. The molecule has 0 amide bonds. The second kappa shape index (κ2) is 4.78. The number of halogens is 4. The molecule has 0 saturated heterocycles. The van der Waals surface area contributed by atoms with Crippen molar-refractivity contribution in [3.05, 3.63) is 33.8 Å². The number of benzene rings is 1. The highest BCUT2D eigenvalue weighted by molar-refractivity contribution is 9.10. The van der Waals surface area contributed by atoms with E-state index in [9.17, 15) is 23.1 Å². The molecule has 0 saturated carbocycles. The van der Waals surface area contributed by atoms with E-state index in [1.54, 1.807) is 6.92 Å². The Hall–Kier alpha value is -0.880. The van der Waals surface area contributed by atoms with E-state index in [0.29, 0.717) is 4.47 Å². The van der Waals surface area contributed by atoms with Crippen molar-refractivity contribution < 1.29 is 23.1 Å². The second-order valence-electron chi connectivity index (χ2n) is 3.69. The summed E-state index contributed by atoms with van der Waals surface area (Å²) in [4.78, 5) is 10.3. The SMILES string of the molecule is Cc1ccc(C(O)(CC=O)C(F)(F)F)cc1Br. The molecule has 1 atom stereocenters. The van der Waals surface area contributed by atoms with Crippen molar-refractivity contribution in [3.63, 3.8) is 0 Å². The molecule has 0 aliphatic carbocycles. The monoisotopic (exact) mass is 310 g/mol. The number of aliphatic hydroxyl groups is 1. The van der Waals surface area contributed by atoms with Crippen LogP contribution in [0.1, 0.15) is 17.5 Å². The first kappa shape index (κ1) is 14.2. The summed E-state index contributed by atoms with van der Waals surface area (Å²) < 4.78 is 38.8. The third-order valence-corrected chi connectivity index (χ3v) is 3.35. The van der Waals surface area contributed by atoms with Crippen LogP contribution in [0.4, 0.5) is 13.2 Å². The van der Waals surface area contributed by atoms with E-state index in [1.807, 2.05) is 0 Å². The molecule has 0 heterocycles. The van der Waals surface area contributed by atoms with Crippen LogP contribution >= 0.6 is 15.9 Å². The van der Waals surface area contributed by atoms with Crippen molar-refractivity contribution in [1.29, 1.82) is 0 Å². The van der Waals surface area contributed by atoms with Crippen molar-refractivity contribution in [1.82, 2.24) is 0 Å². The van der Waals surface area contributed by atoms with Gasteiger partial charge in [0.25, 0.3) is 0 Å². The van der Waals surface area contributed by atoms with Crippen molar-refractivity contribution in [2.24, 2.45) is 0 Å². The molecule has 94 valence electrons. The molecule has 1 aromatic carbocycles. The predicted molar refractivity (Wildman–Crippen MR) is 59.5 cm³/mol. The standard InChI is InChI=1S/C11H10BrF3O2/c1-7-2-3-8(6-9(7)12)10(17,4-5-16)11(13,14)15/h2-3,5-6,17H,4H2,1H3. The highest BCUT2D eigenvalue weighted by Gasteiger charge is 2.54. The average molecular weight is 311 g/mol. The Labute approximate surface area is 105 Å². The first-order valence-electron chi connectivity index (χ1n) is 4.72. The van der Waals surface area contributed by atoms with Crippen LogP contribution in [0.15, 0.2) is 22.7 Å². The summed E-state index contributed by atoms with van der Waals surface area (Å²) in [6, 6.07) is 3.78. The van der Waals surface area contributed by atoms with Gasteiger partial charge in [-0.15, -0.1) is 0 Å². The zero-order chi connectivity index (χ0) is 13.3. The molecule has 1 aromatic rings. The van der Waals surface area contributed by atoms with Gasteiger partial charge in [0.1, 0.15) is 6.29 Å². The summed E-state index contributed by atoms with van der Waals surface area (Å²) >= 11 is 3.09. The molecule has 0 aromatic heterocycles. The highest BCUT2D eigenvalue weighted by Crippen LogP contribution is 2.41. The average Bonchev–Trinajstić information content (AvgIpc) is 2.20. The minimum Gasteiger partial charge on any atom is -0.376 e. The molecule has 0 bridgehead atoms. The summed E-state index contributed by atoms with van der Waals surface area (Å²) in [6.07, 6.45) is -5.87. The molecule has 0 radical (unpaired) electrons. The maximum atomic E-state index is 12.8. The first-order chi connectivity index (χ1) is 7.72. The van der Waals surface area contributed by atoms with E-state index in [0.717, 1.165) is 11.6 Å². The Balaban J connectivity index is 3.32. The number of rotatable bonds is 3. The first-order valence-corrected chi connectivity index (χ1v) is 5.51. The molecule has 0 spiro atoms. The van der Waals surface area contributed by atoms with Crippen LogP contribution in [-0.4, -0.2) is 17.6 Å². The zero-order valence-corrected chi connectivity index (χ0v) is 10.5. The van der Waals surface area contributed by atoms with Gasteiger partial charge >= 0.3 is 6.18 Å². The van der Waals surface area contributed by atoms with Gasteiger partial charge in [0.15, 0.2) is 5.60 Å². The van der Waals surface area contributed by atoms with Crippen LogP contribution in [0.2, 0.25) is 0 Å². The van der Waals surface area contributed by atoms with Crippen LogP contribution in [-0.2, 0) is 10.4 Å². The smallest absolute Gasteiger partial charge is 0.376 e. The van der Waals surface area contributed by atoms with Crippen molar-refractivity contribution in [2.75, 3.05) is 0 Å². The van der Waals surface area contributed by atoms with Crippen LogP contribution in [0.5, 0.6) is 0 Å². The fourth-order valence-electron chi connectivity index (χ4n) is 1.37. The Kier molecular flexibility index (Phi) is 3.99. The summed E-state index contributed by atoms with van der Waals surface area (Å²) in [5.41, 5.74) is -2.75. The molecular formula is C11H10BrF3O2. The minimum absolute atomic E-state index is 0.0568. The van der Waals surface area contributed by atoms with Crippen LogP contribution in [0, 0.1) is 6.92 Å². The van der Waals surface area contributed by atoms with Gasteiger partial charge in [-0.2, -0.15) is 13.2 Å². The number of carbonyl (C=O) groups excluding carboxylic acids is 1. The lowest BCUT2D eigenvalue weighted by atomic mass is 9.90. The van der Waals surface area contributed by atoms with E-state index in [4.69, 9.17) is 0 Å². The second-order valence-corrected chi connectivity index (χ2v) is 4.55. The Bertz CT molecular complexity index is 431. The Morgan fingerprint density at radius 2 is 2.00 bits per heavy atom. The van der Waals surface area contributed by atoms with Gasteiger partial charge in [-0.1, -0.05) is 28.1 Å². The van der Waals surface area contributed by atoms with E-state index in [2.05, 4.69) is 15.9 Å². The van der Waals surface area contributed by atoms with E-state index in [-0.39, 0.29) is 11.8 Å². The van der Waals surface area contributed by atoms with E-state index >= 15 is 0 Å². The quantitative estimate of drug-likeness (QED) is 0.871. The summed E-state index contributed by atoms with van der Waals surface area (Å²) in [6.45, 7) is 1.71. The number of hydrogen-bond acceptors (Lipinski definition) is 2. The summed E-state index contributed by atoms with van der Waals surface area (Å²) in [7, 11) is 0. The lowest BCUT2D eigenvalue weighted by Gasteiger charge is -2.29. The summed E-state index contributed by atoms with van der Waals surface area (Å²) in [5.74, 6) is 0. The molecule has 2 nitrogen and oxygen atoms in total. The van der Waals surface area contributed by atoms with Crippen molar-refractivity contribution in [3.8, 4) is 0 Å². The van der Waals surface area contributed by atoms with Crippen molar-refractivity contribution in [2.45, 2.75) is 25.1 Å². The van der Waals surface area contributed by atoms with Gasteiger partial charge in [0.05, 0.1) is 0 Å². The molecular weight excluding hydrogens is 301 g/mol.